The van der Waals surface area contributed by atoms with Crippen LogP contribution in [-0.2, 0) is 17.8 Å². The molecule has 0 aliphatic heterocycles. The molecule has 0 radical (unpaired) electrons. The molecule has 0 saturated heterocycles. The van der Waals surface area contributed by atoms with Crippen molar-refractivity contribution in [2.45, 2.75) is 26.8 Å². The Morgan fingerprint density at radius 1 is 0.968 bits per heavy atom. The van der Waals surface area contributed by atoms with Crippen molar-refractivity contribution in [2.75, 3.05) is 13.7 Å². The van der Waals surface area contributed by atoms with Crippen LogP contribution in [-0.4, -0.2) is 35.5 Å². The van der Waals surface area contributed by atoms with Gasteiger partial charge in [-0.05, 0) is 54.8 Å². The lowest BCUT2D eigenvalue weighted by molar-refractivity contribution is -0.136. The number of aryl methyl sites for hydroxylation is 1. The van der Waals surface area contributed by atoms with Crippen molar-refractivity contribution in [3.05, 3.63) is 89.0 Å². The molecule has 0 fully saturated rings. The van der Waals surface area contributed by atoms with Crippen LogP contribution in [0.15, 0.2) is 66.7 Å². The monoisotopic (exact) mass is 417 g/mol. The van der Waals surface area contributed by atoms with Crippen LogP contribution in [0.2, 0.25) is 0 Å². The van der Waals surface area contributed by atoms with Crippen LogP contribution in [0.25, 0.3) is 11.1 Å². The van der Waals surface area contributed by atoms with Gasteiger partial charge in [0, 0.05) is 24.2 Å². The maximum atomic E-state index is 13.0. The average Bonchev–Trinajstić information content (AvgIpc) is 2.77. The van der Waals surface area contributed by atoms with Gasteiger partial charge in [0.2, 0.25) is 0 Å². The predicted octanol–water partition coefficient (Wildman–Crippen LogP) is 4.96. The third kappa shape index (κ3) is 5.31. The minimum atomic E-state index is -0.883. The predicted molar refractivity (Wildman–Crippen MR) is 121 cm³/mol. The molecule has 3 aromatic carbocycles. The molecule has 3 aromatic rings. The van der Waals surface area contributed by atoms with Gasteiger partial charge in [-0.1, -0.05) is 48.0 Å². The average molecular weight is 418 g/mol. The minimum Gasteiger partial charge on any atom is -0.496 e. The fraction of sp³-hybridized carbons (Fsp3) is 0.231. The lowest BCUT2D eigenvalue weighted by Crippen LogP contribution is -2.30. The SMILES string of the molecule is CCN(Cc1cc(C)ccc1-c1cc(CC(=O)O)ccc1OC)C(=O)c1ccccc1. The summed E-state index contributed by atoms with van der Waals surface area (Å²) >= 11 is 0. The van der Waals surface area contributed by atoms with Crippen molar-refractivity contribution in [3.8, 4) is 16.9 Å². The van der Waals surface area contributed by atoms with Crippen LogP contribution >= 0.6 is 0 Å². The molecule has 160 valence electrons. The summed E-state index contributed by atoms with van der Waals surface area (Å²) in [6.45, 7) is 4.98. The van der Waals surface area contributed by atoms with Crippen LogP contribution in [0, 0.1) is 6.92 Å². The van der Waals surface area contributed by atoms with E-state index in [0.29, 0.717) is 30.0 Å². The molecule has 0 aromatic heterocycles. The second kappa shape index (κ2) is 9.94. The van der Waals surface area contributed by atoms with Gasteiger partial charge in [0.05, 0.1) is 13.5 Å². The highest BCUT2D eigenvalue weighted by molar-refractivity contribution is 5.94. The van der Waals surface area contributed by atoms with E-state index >= 15 is 0 Å². The molecule has 0 atom stereocenters. The number of ether oxygens (including phenoxy) is 1. The van der Waals surface area contributed by atoms with Crippen molar-refractivity contribution in [1.29, 1.82) is 0 Å². The highest BCUT2D eigenvalue weighted by Gasteiger charge is 2.18. The van der Waals surface area contributed by atoms with Gasteiger partial charge in [0.1, 0.15) is 5.75 Å². The standard InChI is InChI=1S/C26H27NO4/c1-4-27(26(30)20-8-6-5-7-9-20)17-21-14-18(2)10-12-22(21)23-15-19(16-25(28)29)11-13-24(23)31-3/h5-15H,4,16-17H2,1-3H3,(H,28,29). The van der Waals surface area contributed by atoms with Crippen LogP contribution in [0.5, 0.6) is 5.75 Å². The molecule has 1 amide bonds. The van der Waals surface area contributed by atoms with Gasteiger partial charge >= 0.3 is 5.97 Å². The second-order valence-electron chi connectivity index (χ2n) is 7.45. The Morgan fingerprint density at radius 3 is 2.35 bits per heavy atom. The molecule has 5 heteroatoms. The number of aliphatic carboxylic acids is 1. The molecule has 3 rings (SSSR count). The van der Waals surface area contributed by atoms with Crippen molar-refractivity contribution >= 4 is 11.9 Å². The molecule has 0 saturated carbocycles. The highest BCUT2D eigenvalue weighted by atomic mass is 16.5. The molecule has 1 N–H and O–H groups in total. The van der Waals surface area contributed by atoms with Crippen LogP contribution in [0.1, 0.15) is 34.0 Å². The summed E-state index contributed by atoms with van der Waals surface area (Å²) in [6, 6.07) is 20.8. The first-order chi connectivity index (χ1) is 14.9. The summed E-state index contributed by atoms with van der Waals surface area (Å²) in [6.07, 6.45) is -0.0637. The zero-order chi connectivity index (χ0) is 22.4. The fourth-order valence-electron chi connectivity index (χ4n) is 3.66. The highest BCUT2D eigenvalue weighted by Crippen LogP contribution is 2.34. The first kappa shape index (κ1) is 22.1. The summed E-state index contributed by atoms with van der Waals surface area (Å²) in [7, 11) is 1.60. The smallest absolute Gasteiger partial charge is 0.307 e. The van der Waals surface area contributed by atoms with Gasteiger partial charge in [0.15, 0.2) is 0 Å². The summed E-state index contributed by atoms with van der Waals surface area (Å²) in [5.41, 5.74) is 5.16. The maximum absolute atomic E-state index is 13.0. The van der Waals surface area contributed by atoms with E-state index < -0.39 is 5.97 Å². The van der Waals surface area contributed by atoms with E-state index in [0.717, 1.165) is 22.3 Å². The minimum absolute atomic E-state index is 0.0258. The maximum Gasteiger partial charge on any atom is 0.307 e. The van der Waals surface area contributed by atoms with Crippen LogP contribution in [0.4, 0.5) is 0 Å². The Bertz CT molecular complexity index is 1080. The van der Waals surface area contributed by atoms with Gasteiger partial charge < -0.3 is 14.7 Å². The quantitative estimate of drug-likeness (QED) is 0.563. The Kier molecular flexibility index (Phi) is 7.08. The van der Waals surface area contributed by atoms with Gasteiger partial charge in [-0.25, -0.2) is 0 Å². The van der Waals surface area contributed by atoms with E-state index in [1.807, 2.05) is 62.4 Å². The molecule has 0 aliphatic carbocycles. The van der Waals surface area contributed by atoms with Gasteiger partial charge in [0.25, 0.3) is 5.91 Å². The molecule has 0 heterocycles. The van der Waals surface area contributed by atoms with Crippen molar-refractivity contribution in [2.24, 2.45) is 0 Å². The van der Waals surface area contributed by atoms with Crippen molar-refractivity contribution < 1.29 is 19.4 Å². The van der Waals surface area contributed by atoms with Gasteiger partial charge in [-0.3, -0.25) is 9.59 Å². The lowest BCUT2D eigenvalue weighted by Gasteiger charge is -2.24. The van der Waals surface area contributed by atoms with Crippen LogP contribution < -0.4 is 4.74 Å². The van der Waals surface area contributed by atoms with Crippen molar-refractivity contribution in [3.63, 3.8) is 0 Å². The number of hydrogen-bond donors (Lipinski definition) is 1. The summed E-state index contributed by atoms with van der Waals surface area (Å²) in [4.78, 5) is 26.1. The third-order valence-corrected chi connectivity index (χ3v) is 5.22. The Balaban J connectivity index is 2.03. The number of carboxylic acids is 1. The Labute approximate surface area is 182 Å². The van der Waals surface area contributed by atoms with E-state index in [-0.39, 0.29) is 12.3 Å². The van der Waals surface area contributed by atoms with E-state index in [2.05, 4.69) is 6.07 Å². The Hall–Kier alpha value is -3.60. The number of nitrogens with zero attached hydrogens (tertiary/aromatic N) is 1. The number of carbonyl (C=O) groups excluding carboxylic acids is 1. The number of benzene rings is 3. The summed E-state index contributed by atoms with van der Waals surface area (Å²) in [5, 5.41) is 9.19. The largest absolute Gasteiger partial charge is 0.496 e. The summed E-state index contributed by atoms with van der Waals surface area (Å²) in [5.74, 6) is -0.246. The van der Waals surface area contributed by atoms with Gasteiger partial charge in [-0.2, -0.15) is 0 Å². The first-order valence-electron chi connectivity index (χ1n) is 10.3. The van der Waals surface area contributed by atoms with Crippen molar-refractivity contribution in [1.82, 2.24) is 4.90 Å². The van der Waals surface area contributed by atoms with E-state index in [9.17, 15) is 14.7 Å². The number of amides is 1. The Morgan fingerprint density at radius 2 is 1.71 bits per heavy atom. The zero-order valence-corrected chi connectivity index (χ0v) is 18.1. The molecule has 31 heavy (non-hydrogen) atoms. The molecule has 0 bridgehead atoms. The molecule has 0 aliphatic rings. The van der Waals surface area contributed by atoms with E-state index in [1.54, 1.807) is 24.1 Å². The summed E-state index contributed by atoms with van der Waals surface area (Å²) < 4.78 is 5.57. The normalized spacial score (nSPS) is 10.5. The van der Waals surface area contributed by atoms with Crippen LogP contribution in [0.3, 0.4) is 0 Å². The lowest BCUT2D eigenvalue weighted by atomic mass is 9.94. The topological polar surface area (TPSA) is 66.8 Å². The number of carboxylic acid groups (broad SMARTS) is 1. The third-order valence-electron chi connectivity index (χ3n) is 5.22. The first-order valence-corrected chi connectivity index (χ1v) is 10.3. The van der Waals surface area contributed by atoms with Gasteiger partial charge in [-0.15, -0.1) is 0 Å². The number of hydrogen-bond acceptors (Lipinski definition) is 3. The molecule has 0 spiro atoms. The number of methoxy groups -OCH3 is 1. The molecular formula is C26H27NO4. The number of rotatable bonds is 8. The molecular weight excluding hydrogens is 390 g/mol. The molecule has 5 nitrogen and oxygen atoms in total. The zero-order valence-electron chi connectivity index (χ0n) is 18.1. The molecule has 0 unspecified atom stereocenters. The fourth-order valence-corrected chi connectivity index (χ4v) is 3.66. The number of carbonyl (C=O) groups is 2. The van der Waals surface area contributed by atoms with E-state index in [1.165, 1.54) is 0 Å². The van der Waals surface area contributed by atoms with E-state index in [4.69, 9.17) is 4.74 Å². The second-order valence-corrected chi connectivity index (χ2v) is 7.45.